The van der Waals surface area contributed by atoms with E-state index in [2.05, 4.69) is 4.74 Å². The second-order valence-corrected chi connectivity index (χ2v) is 2.30. The number of carboxylic acid groups (broad SMARTS) is 2. The molecule has 2 N–H and O–H groups in total. The Balaban J connectivity index is 4.55. The van der Waals surface area contributed by atoms with E-state index in [9.17, 15) is 14.4 Å². The third-order valence-electron chi connectivity index (χ3n) is 1.20. The zero-order valence-corrected chi connectivity index (χ0v) is 7.52. The molecule has 14 heavy (non-hydrogen) atoms. The highest BCUT2D eigenvalue weighted by molar-refractivity contribution is 5.98. The van der Waals surface area contributed by atoms with E-state index in [-0.39, 0.29) is 6.61 Å². The van der Waals surface area contributed by atoms with Crippen molar-refractivity contribution < 1.29 is 29.3 Å². The smallest absolute Gasteiger partial charge is 0.332 e. The van der Waals surface area contributed by atoms with Gasteiger partial charge in [-0.1, -0.05) is 0 Å². The van der Waals surface area contributed by atoms with E-state index in [1.165, 1.54) is 0 Å². The molecule has 0 aromatic carbocycles. The van der Waals surface area contributed by atoms with E-state index in [1.807, 2.05) is 0 Å². The average molecular weight is 202 g/mol. The molecule has 0 aliphatic rings. The van der Waals surface area contributed by atoms with Gasteiger partial charge in [0.15, 0.2) is 0 Å². The minimum absolute atomic E-state index is 0.106. The first-order chi connectivity index (χ1) is 6.47. The van der Waals surface area contributed by atoms with Gasteiger partial charge in [0.1, 0.15) is 0 Å². The fourth-order valence-corrected chi connectivity index (χ4v) is 0.677. The van der Waals surface area contributed by atoms with Gasteiger partial charge in [0.2, 0.25) is 0 Å². The maximum Gasteiger partial charge on any atom is 0.332 e. The monoisotopic (exact) mass is 202 g/mol. The topological polar surface area (TPSA) is 101 Å². The normalized spacial score (nSPS) is 10.8. The molecule has 0 aromatic rings. The molecule has 0 saturated heterocycles. The lowest BCUT2D eigenvalue weighted by molar-refractivity contribution is -0.140. The second-order valence-electron chi connectivity index (χ2n) is 2.30. The molecule has 0 amide bonds. The van der Waals surface area contributed by atoms with Crippen LogP contribution < -0.4 is 0 Å². The zero-order chi connectivity index (χ0) is 11.1. The second kappa shape index (κ2) is 5.74. The Kier molecular flexibility index (Phi) is 4.98. The molecule has 0 heterocycles. The Morgan fingerprint density at radius 3 is 2.21 bits per heavy atom. The largest absolute Gasteiger partial charge is 0.481 e. The number of esters is 1. The van der Waals surface area contributed by atoms with Crippen LogP contribution in [-0.4, -0.2) is 34.7 Å². The third-order valence-corrected chi connectivity index (χ3v) is 1.20. The number of rotatable bonds is 5. The number of hydrogen-bond donors (Lipinski definition) is 2. The quantitative estimate of drug-likeness (QED) is 0.482. The molecule has 78 valence electrons. The molecule has 6 heteroatoms. The first kappa shape index (κ1) is 12.2. The van der Waals surface area contributed by atoms with Crippen LogP contribution in [0.3, 0.4) is 0 Å². The van der Waals surface area contributed by atoms with Crippen molar-refractivity contribution in [1.29, 1.82) is 0 Å². The molecule has 0 fully saturated rings. The highest BCUT2D eigenvalue weighted by atomic mass is 16.5. The van der Waals surface area contributed by atoms with Crippen LogP contribution in [0.1, 0.15) is 13.3 Å². The molecule has 0 atom stereocenters. The van der Waals surface area contributed by atoms with E-state index >= 15 is 0 Å². The van der Waals surface area contributed by atoms with Crippen molar-refractivity contribution in [2.75, 3.05) is 6.61 Å². The molecule has 0 aromatic heterocycles. The average Bonchev–Trinajstić information content (AvgIpc) is 2.02. The summed E-state index contributed by atoms with van der Waals surface area (Å²) in [7, 11) is 0. The molecule has 0 saturated carbocycles. The van der Waals surface area contributed by atoms with E-state index in [0.717, 1.165) is 0 Å². The minimum atomic E-state index is -1.44. The maximum absolute atomic E-state index is 10.8. The summed E-state index contributed by atoms with van der Waals surface area (Å²) in [6, 6.07) is 0. The highest BCUT2D eigenvalue weighted by Crippen LogP contribution is 2.02. The first-order valence-electron chi connectivity index (χ1n) is 3.79. The molecule has 0 spiro atoms. The number of ether oxygens (including phenoxy) is 1. The lowest BCUT2D eigenvalue weighted by atomic mass is 10.2. The highest BCUT2D eigenvalue weighted by Gasteiger charge is 2.13. The SMILES string of the molecule is CCOC(=O)/C=C(/CC(=O)O)C(=O)O. The molecular weight excluding hydrogens is 192 g/mol. The van der Waals surface area contributed by atoms with Crippen LogP contribution >= 0.6 is 0 Å². The minimum Gasteiger partial charge on any atom is -0.481 e. The number of carboxylic acids is 2. The van der Waals surface area contributed by atoms with E-state index < -0.39 is 29.9 Å². The number of aliphatic carboxylic acids is 2. The summed E-state index contributed by atoms with van der Waals surface area (Å²) >= 11 is 0. The van der Waals surface area contributed by atoms with E-state index in [0.29, 0.717) is 6.08 Å². The summed E-state index contributed by atoms with van der Waals surface area (Å²) in [5, 5.41) is 16.8. The summed E-state index contributed by atoms with van der Waals surface area (Å²) in [5.41, 5.74) is -0.504. The van der Waals surface area contributed by atoms with Crippen LogP contribution in [0.2, 0.25) is 0 Å². The predicted molar refractivity (Wildman–Crippen MR) is 44.6 cm³/mol. The standard InChI is InChI=1S/C8H10O6/c1-2-14-7(11)4-5(8(12)13)3-6(9)10/h4H,2-3H2,1H3,(H,9,10)(H,12,13)/b5-4-. The molecular formula is C8H10O6. The van der Waals surface area contributed by atoms with Gasteiger partial charge in [-0.25, -0.2) is 9.59 Å². The Morgan fingerprint density at radius 2 is 1.86 bits per heavy atom. The van der Waals surface area contributed by atoms with Crippen LogP contribution in [0.5, 0.6) is 0 Å². The van der Waals surface area contributed by atoms with Crippen molar-refractivity contribution in [3.05, 3.63) is 11.6 Å². The fourth-order valence-electron chi connectivity index (χ4n) is 0.677. The third kappa shape index (κ3) is 4.91. The molecule has 0 rings (SSSR count). The summed E-state index contributed by atoms with van der Waals surface area (Å²) < 4.78 is 4.43. The number of carbonyl (C=O) groups is 3. The van der Waals surface area contributed by atoms with Crippen molar-refractivity contribution in [3.63, 3.8) is 0 Å². The van der Waals surface area contributed by atoms with Crippen molar-refractivity contribution >= 4 is 17.9 Å². The fraction of sp³-hybridized carbons (Fsp3) is 0.375. The molecule has 0 radical (unpaired) electrons. The maximum atomic E-state index is 10.8. The van der Waals surface area contributed by atoms with Gasteiger partial charge in [-0.05, 0) is 6.92 Å². The molecule has 6 nitrogen and oxygen atoms in total. The van der Waals surface area contributed by atoms with Gasteiger partial charge in [0.05, 0.1) is 18.6 Å². The van der Waals surface area contributed by atoms with E-state index in [4.69, 9.17) is 10.2 Å². The Bertz CT molecular complexity index is 278. The lowest BCUT2D eigenvalue weighted by Crippen LogP contribution is -2.10. The van der Waals surface area contributed by atoms with Crippen molar-refractivity contribution in [2.24, 2.45) is 0 Å². The molecule has 0 aliphatic carbocycles. The van der Waals surface area contributed by atoms with Gasteiger partial charge < -0.3 is 14.9 Å². The summed E-state index contributed by atoms with van der Waals surface area (Å²) in [4.78, 5) is 31.4. The van der Waals surface area contributed by atoms with E-state index in [1.54, 1.807) is 6.92 Å². The van der Waals surface area contributed by atoms with Crippen molar-refractivity contribution in [1.82, 2.24) is 0 Å². The Morgan fingerprint density at radius 1 is 1.29 bits per heavy atom. The van der Waals surface area contributed by atoms with Gasteiger partial charge in [0.25, 0.3) is 0 Å². The van der Waals surface area contributed by atoms with Crippen LogP contribution in [-0.2, 0) is 19.1 Å². The van der Waals surface area contributed by atoms with Crippen LogP contribution in [0, 0.1) is 0 Å². The zero-order valence-electron chi connectivity index (χ0n) is 7.52. The molecule has 0 bridgehead atoms. The summed E-state index contributed by atoms with van der Waals surface area (Å²) in [5.74, 6) is -3.62. The Labute approximate surface area is 79.8 Å². The Hall–Kier alpha value is -1.85. The van der Waals surface area contributed by atoms with Crippen LogP contribution in [0.25, 0.3) is 0 Å². The van der Waals surface area contributed by atoms with Gasteiger partial charge in [0, 0.05) is 6.08 Å². The van der Waals surface area contributed by atoms with Gasteiger partial charge in [-0.2, -0.15) is 0 Å². The predicted octanol–water partition coefficient (Wildman–Crippen LogP) is 0.0352. The summed E-state index contributed by atoms with van der Waals surface area (Å²) in [6.45, 7) is 1.67. The number of carbonyl (C=O) groups excluding carboxylic acids is 1. The van der Waals surface area contributed by atoms with Gasteiger partial charge in [-0.3, -0.25) is 4.79 Å². The van der Waals surface area contributed by atoms with Crippen LogP contribution in [0.4, 0.5) is 0 Å². The lowest BCUT2D eigenvalue weighted by Gasteiger charge is -1.98. The first-order valence-corrected chi connectivity index (χ1v) is 3.79. The summed E-state index contributed by atoms with van der Waals surface area (Å²) in [6.07, 6.45) is -0.0475. The van der Waals surface area contributed by atoms with Gasteiger partial charge in [-0.15, -0.1) is 0 Å². The van der Waals surface area contributed by atoms with Gasteiger partial charge >= 0.3 is 17.9 Å². The van der Waals surface area contributed by atoms with Crippen molar-refractivity contribution in [2.45, 2.75) is 13.3 Å². The van der Waals surface area contributed by atoms with Crippen molar-refractivity contribution in [3.8, 4) is 0 Å². The molecule has 0 aliphatic heterocycles. The molecule has 0 unspecified atom stereocenters. The van der Waals surface area contributed by atoms with Crippen LogP contribution in [0.15, 0.2) is 11.6 Å². The number of hydrogen-bond acceptors (Lipinski definition) is 4.